The van der Waals surface area contributed by atoms with Crippen molar-refractivity contribution in [3.63, 3.8) is 0 Å². The fraction of sp³-hybridized carbons (Fsp3) is 0.917. The van der Waals surface area contributed by atoms with E-state index in [0.29, 0.717) is 18.4 Å². The summed E-state index contributed by atoms with van der Waals surface area (Å²) in [6.07, 6.45) is 1.66. The molecular formula is C12H24N2O. The lowest BCUT2D eigenvalue weighted by molar-refractivity contribution is -0.134. The van der Waals surface area contributed by atoms with E-state index in [9.17, 15) is 4.79 Å². The van der Waals surface area contributed by atoms with Gasteiger partial charge in [-0.15, -0.1) is 0 Å². The lowest BCUT2D eigenvalue weighted by Crippen LogP contribution is -2.52. The Labute approximate surface area is 93.2 Å². The molecule has 3 nitrogen and oxygen atoms in total. The van der Waals surface area contributed by atoms with Crippen LogP contribution in [0.1, 0.15) is 40.5 Å². The Kier molecular flexibility index (Phi) is 4.14. The molecule has 1 amide bonds. The Morgan fingerprint density at radius 1 is 1.47 bits per heavy atom. The van der Waals surface area contributed by atoms with E-state index in [1.807, 2.05) is 4.90 Å². The summed E-state index contributed by atoms with van der Waals surface area (Å²) in [5.41, 5.74) is 0.257. The van der Waals surface area contributed by atoms with Crippen molar-refractivity contribution >= 4 is 5.91 Å². The molecule has 0 aromatic heterocycles. The Hall–Kier alpha value is -0.570. The van der Waals surface area contributed by atoms with Crippen molar-refractivity contribution in [2.45, 2.75) is 46.6 Å². The maximum Gasteiger partial charge on any atom is 0.222 e. The molecular weight excluding hydrogens is 188 g/mol. The summed E-state index contributed by atoms with van der Waals surface area (Å²) in [6.45, 7) is 11.4. The predicted octanol–water partition coefficient (Wildman–Crippen LogP) is 1.63. The highest BCUT2D eigenvalue weighted by atomic mass is 16.2. The van der Waals surface area contributed by atoms with Crippen LogP contribution in [0.25, 0.3) is 0 Å². The van der Waals surface area contributed by atoms with Crippen LogP contribution in [0.2, 0.25) is 0 Å². The van der Waals surface area contributed by atoms with Gasteiger partial charge in [0.25, 0.3) is 0 Å². The maximum atomic E-state index is 12.0. The van der Waals surface area contributed by atoms with Crippen LogP contribution in [0.5, 0.6) is 0 Å². The van der Waals surface area contributed by atoms with Gasteiger partial charge in [0.15, 0.2) is 0 Å². The normalized spacial score (nSPS) is 22.9. The number of piperazine rings is 1. The first kappa shape index (κ1) is 12.5. The first-order valence-electron chi connectivity index (χ1n) is 5.90. The van der Waals surface area contributed by atoms with Crippen LogP contribution in [0.4, 0.5) is 0 Å². The summed E-state index contributed by atoms with van der Waals surface area (Å²) < 4.78 is 0. The molecule has 1 fully saturated rings. The van der Waals surface area contributed by atoms with Gasteiger partial charge in [0.2, 0.25) is 5.91 Å². The Morgan fingerprint density at radius 3 is 2.67 bits per heavy atom. The molecule has 0 radical (unpaired) electrons. The molecule has 0 aliphatic carbocycles. The van der Waals surface area contributed by atoms with E-state index in [4.69, 9.17) is 0 Å². The molecule has 0 aromatic rings. The number of rotatable bonds is 2. The van der Waals surface area contributed by atoms with Crippen LogP contribution in [0, 0.1) is 5.41 Å². The molecule has 1 heterocycles. The van der Waals surface area contributed by atoms with E-state index >= 15 is 0 Å². The van der Waals surface area contributed by atoms with E-state index < -0.39 is 0 Å². The highest BCUT2D eigenvalue weighted by Crippen LogP contribution is 2.21. The Balaban J connectivity index is 2.39. The van der Waals surface area contributed by atoms with Gasteiger partial charge in [-0.25, -0.2) is 0 Å². The van der Waals surface area contributed by atoms with Crippen LogP contribution in [-0.4, -0.2) is 36.5 Å². The van der Waals surface area contributed by atoms with Crippen LogP contribution in [0.15, 0.2) is 0 Å². The molecule has 1 aliphatic rings. The van der Waals surface area contributed by atoms with Gasteiger partial charge in [0.05, 0.1) is 0 Å². The summed E-state index contributed by atoms with van der Waals surface area (Å²) in [7, 11) is 0. The van der Waals surface area contributed by atoms with Crippen molar-refractivity contribution in [2.24, 2.45) is 5.41 Å². The number of carbonyl (C=O) groups is 1. The summed E-state index contributed by atoms with van der Waals surface area (Å²) in [5.74, 6) is 0.318. The standard InChI is InChI=1S/C12H24N2O/c1-10-9-13-7-8-14(10)11(15)5-6-12(2,3)4/h10,13H,5-9H2,1-4H3/t10-/m1/s1. The largest absolute Gasteiger partial charge is 0.337 e. The van der Waals surface area contributed by atoms with Gasteiger partial charge < -0.3 is 10.2 Å². The molecule has 3 heteroatoms. The van der Waals surface area contributed by atoms with Gasteiger partial charge in [-0.05, 0) is 18.8 Å². The monoisotopic (exact) mass is 212 g/mol. The Bertz CT molecular complexity index is 220. The van der Waals surface area contributed by atoms with Crippen molar-refractivity contribution < 1.29 is 4.79 Å². The zero-order chi connectivity index (χ0) is 11.5. The van der Waals surface area contributed by atoms with Crippen molar-refractivity contribution in [1.82, 2.24) is 10.2 Å². The third kappa shape index (κ3) is 4.20. The van der Waals surface area contributed by atoms with E-state index in [1.54, 1.807) is 0 Å². The fourth-order valence-electron chi connectivity index (χ4n) is 1.84. The van der Waals surface area contributed by atoms with Crippen LogP contribution >= 0.6 is 0 Å². The first-order valence-corrected chi connectivity index (χ1v) is 5.90. The third-order valence-corrected chi connectivity index (χ3v) is 2.91. The molecule has 1 rings (SSSR count). The summed E-state index contributed by atoms with van der Waals surface area (Å²) in [4.78, 5) is 14.0. The number of hydrogen-bond acceptors (Lipinski definition) is 2. The summed E-state index contributed by atoms with van der Waals surface area (Å²) >= 11 is 0. The highest BCUT2D eigenvalue weighted by Gasteiger charge is 2.23. The zero-order valence-electron chi connectivity index (χ0n) is 10.5. The Morgan fingerprint density at radius 2 is 2.13 bits per heavy atom. The number of nitrogens with one attached hydrogen (secondary N) is 1. The van der Waals surface area contributed by atoms with E-state index in [-0.39, 0.29) is 5.41 Å². The minimum atomic E-state index is 0.257. The summed E-state index contributed by atoms with van der Waals surface area (Å²) in [5, 5.41) is 3.30. The van der Waals surface area contributed by atoms with Crippen LogP contribution < -0.4 is 5.32 Å². The minimum Gasteiger partial charge on any atom is -0.337 e. The first-order chi connectivity index (χ1) is 6.90. The van der Waals surface area contributed by atoms with Gasteiger partial charge >= 0.3 is 0 Å². The second kappa shape index (κ2) is 4.97. The average molecular weight is 212 g/mol. The summed E-state index contributed by atoms with van der Waals surface area (Å²) in [6, 6.07) is 0.353. The van der Waals surface area contributed by atoms with Crippen molar-refractivity contribution in [3.05, 3.63) is 0 Å². The van der Waals surface area contributed by atoms with Gasteiger partial charge in [-0.2, -0.15) is 0 Å². The molecule has 1 aliphatic heterocycles. The molecule has 1 N–H and O–H groups in total. The molecule has 88 valence electrons. The van der Waals surface area contributed by atoms with Crippen molar-refractivity contribution in [2.75, 3.05) is 19.6 Å². The molecule has 0 unspecified atom stereocenters. The molecule has 0 bridgehead atoms. The topological polar surface area (TPSA) is 32.3 Å². The van der Waals surface area contributed by atoms with E-state index in [2.05, 4.69) is 33.0 Å². The van der Waals surface area contributed by atoms with Gasteiger partial charge in [0, 0.05) is 32.1 Å². The highest BCUT2D eigenvalue weighted by molar-refractivity contribution is 5.76. The fourth-order valence-corrected chi connectivity index (χ4v) is 1.84. The second-order valence-corrected chi connectivity index (χ2v) is 5.70. The molecule has 0 aromatic carbocycles. The maximum absolute atomic E-state index is 12.0. The van der Waals surface area contributed by atoms with Crippen molar-refractivity contribution in [1.29, 1.82) is 0 Å². The molecule has 15 heavy (non-hydrogen) atoms. The van der Waals surface area contributed by atoms with Gasteiger partial charge in [0.1, 0.15) is 0 Å². The molecule has 0 spiro atoms. The molecule has 1 saturated heterocycles. The van der Waals surface area contributed by atoms with Gasteiger partial charge in [-0.3, -0.25) is 4.79 Å². The number of amides is 1. The molecule has 1 atom stereocenters. The average Bonchev–Trinajstić information content (AvgIpc) is 2.14. The lowest BCUT2D eigenvalue weighted by atomic mass is 9.90. The number of hydrogen-bond donors (Lipinski definition) is 1. The third-order valence-electron chi connectivity index (χ3n) is 2.91. The van der Waals surface area contributed by atoms with E-state index in [0.717, 1.165) is 26.1 Å². The second-order valence-electron chi connectivity index (χ2n) is 5.70. The van der Waals surface area contributed by atoms with Gasteiger partial charge in [-0.1, -0.05) is 20.8 Å². The SMILES string of the molecule is C[C@@H]1CNCCN1C(=O)CCC(C)(C)C. The quantitative estimate of drug-likeness (QED) is 0.754. The lowest BCUT2D eigenvalue weighted by Gasteiger charge is -2.34. The van der Waals surface area contributed by atoms with Crippen LogP contribution in [-0.2, 0) is 4.79 Å². The van der Waals surface area contributed by atoms with Crippen molar-refractivity contribution in [3.8, 4) is 0 Å². The number of nitrogens with zero attached hydrogens (tertiary/aromatic N) is 1. The van der Waals surface area contributed by atoms with Crippen LogP contribution in [0.3, 0.4) is 0 Å². The number of carbonyl (C=O) groups excluding carboxylic acids is 1. The molecule has 0 saturated carbocycles. The van der Waals surface area contributed by atoms with E-state index in [1.165, 1.54) is 0 Å². The zero-order valence-corrected chi connectivity index (χ0v) is 10.5. The predicted molar refractivity (Wildman–Crippen MR) is 62.7 cm³/mol. The smallest absolute Gasteiger partial charge is 0.222 e. The minimum absolute atomic E-state index is 0.257.